The minimum absolute atomic E-state index is 0.00602. The van der Waals surface area contributed by atoms with Crippen molar-refractivity contribution in [2.45, 2.75) is 32.7 Å². The van der Waals surface area contributed by atoms with E-state index in [-0.39, 0.29) is 25.0 Å². The normalized spacial score (nSPS) is 15.7. The Bertz CT molecular complexity index is 1020. The number of aryl methyl sites for hydroxylation is 2. The Hall–Kier alpha value is -3.12. The summed E-state index contributed by atoms with van der Waals surface area (Å²) in [5, 5.41) is 16.7. The van der Waals surface area contributed by atoms with Gasteiger partial charge in [-0.3, -0.25) is 4.79 Å². The quantitative estimate of drug-likeness (QED) is 0.675. The molecule has 1 atom stereocenters. The Kier molecular flexibility index (Phi) is 5.36. The van der Waals surface area contributed by atoms with Gasteiger partial charge in [0.15, 0.2) is 0 Å². The molecule has 1 aliphatic heterocycles. The fraction of sp³-hybridized carbons (Fsp3) is 0.304. The first kappa shape index (κ1) is 19.2. The van der Waals surface area contributed by atoms with Gasteiger partial charge < -0.3 is 15.2 Å². The molecule has 1 aromatic heterocycles. The van der Waals surface area contributed by atoms with Crippen molar-refractivity contribution in [1.82, 2.24) is 9.78 Å². The van der Waals surface area contributed by atoms with E-state index >= 15 is 0 Å². The molecule has 6 heteroatoms. The van der Waals surface area contributed by atoms with Crippen LogP contribution in [0.1, 0.15) is 40.3 Å². The Morgan fingerprint density at radius 1 is 1.21 bits per heavy atom. The van der Waals surface area contributed by atoms with Gasteiger partial charge in [0, 0.05) is 17.9 Å². The third-order valence-corrected chi connectivity index (χ3v) is 5.23. The molecular formula is C23H25N3O3. The molecule has 0 radical (unpaired) electrons. The third kappa shape index (κ3) is 4.03. The molecule has 6 nitrogen and oxygen atoms in total. The molecule has 3 aromatic rings. The molecule has 0 spiro atoms. The Balaban J connectivity index is 1.66. The highest BCUT2D eigenvalue weighted by Crippen LogP contribution is 2.39. The molecule has 0 bridgehead atoms. The molecule has 2 heterocycles. The number of amides is 1. The van der Waals surface area contributed by atoms with E-state index in [1.165, 1.54) is 5.56 Å². The van der Waals surface area contributed by atoms with Crippen molar-refractivity contribution in [3.63, 3.8) is 0 Å². The second kappa shape index (κ2) is 8.09. The summed E-state index contributed by atoms with van der Waals surface area (Å²) in [5.41, 5.74) is 5.40. The van der Waals surface area contributed by atoms with E-state index in [4.69, 9.17) is 14.9 Å². The molecule has 0 aliphatic carbocycles. The monoisotopic (exact) mass is 391 g/mol. The number of carbonyl (C=O) groups excluding carboxylic acids is 1. The zero-order valence-electron chi connectivity index (χ0n) is 16.7. The average molecular weight is 391 g/mol. The lowest BCUT2D eigenvalue weighted by atomic mass is 9.86. The van der Waals surface area contributed by atoms with Crippen molar-refractivity contribution in [3.05, 3.63) is 76.5 Å². The van der Waals surface area contributed by atoms with E-state index in [0.717, 1.165) is 28.2 Å². The number of hydrogen-bond donors (Lipinski definition) is 2. The maximum Gasteiger partial charge on any atom is 0.226 e. The molecule has 2 aromatic carbocycles. The molecule has 0 fully saturated rings. The largest absolute Gasteiger partial charge is 0.491 e. The molecule has 29 heavy (non-hydrogen) atoms. The van der Waals surface area contributed by atoms with E-state index in [2.05, 4.69) is 30.4 Å². The highest BCUT2D eigenvalue weighted by atomic mass is 16.5. The number of nitrogens with one attached hydrogen (secondary N) is 1. The van der Waals surface area contributed by atoms with Crippen LogP contribution in [0.4, 0.5) is 5.82 Å². The lowest BCUT2D eigenvalue weighted by Gasteiger charge is -2.24. The number of anilines is 1. The van der Waals surface area contributed by atoms with Crippen LogP contribution in [-0.4, -0.2) is 34.0 Å². The van der Waals surface area contributed by atoms with Crippen molar-refractivity contribution >= 4 is 11.7 Å². The highest BCUT2D eigenvalue weighted by molar-refractivity contribution is 5.94. The molecule has 150 valence electrons. The Morgan fingerprint density at radius 3 is 2.72 bits per heavy atom. The summed E-state index contributed by atoms with van der Waals surface area (Å²) >= 11 is 0. The summed E-state index contributed by atoms with van der Waals surface area (Å²) in [6, 6.07) is 16.0. The summed E-state index contributed by atoms with van der Waals surface area (Å²) < 4.78 is 7.34. The number of nitrogens with zero attached hydrogens (tertiary/aromatic N) is 2. The van der Waals surface area contributed by atoms with Gasteiger partial charge >= 0.3 is 0 Å². The Labute approximate surface area is 170 Å². The van der Waals surface area contributed by atoms with Crippen LogP contribution < -0.4 is 10.1 Å². The van der Waals surface area contributed by atoms with E-state index < -0.39 is 0 Å². The number of fused-ring (bicyclic) bond motifs is 1. The van der Waals surface area contributed by atoms with Crippen LogP contribution in [0.5, 0.6) is 5.75 Å². The van der Waals surface area contributed by atoms with Gasteiger partial charge in [-0.1, -0.05) is 42.0 Å². The van der Waals surface area contributed by atoms with Crippen LogP contribution in [0.2, 0.25) is 0 Å². The number of hydrogen-bond acceptors (Lipinski definition) is 4. The second-order valence-corrected chi connectivity index (χ2v) is 7.44. The maximum atomic E-state index is 12.5. The van der Waals surface area contributed by atoms with Crippen LogP contribution in [0, 0.1) is 13.8 Å². The molecular weight excluding hydrogens is 366 g/mol. The van der Waals surface area contributed by atoms with Gasteiger partial charge in [-0.05, 0) is 37.1 Å². The summed E-state index contributed by atoms with van der Waals surface area (Å²) in [6.07, 6.45) is 0.390. The molecule has 0 saturated heterocycles. The van der Waals surface area contributed by atoms with Crippen LogP contribution in [-0.2, 0) is 11.3 Å². The predicted molar refractivity (Wildman–Crippen MR) is 111 cm³/mol. The van der Waals surface area contributed by atoms with Gasteiger partial charge in [0.05, 0.1) is 18.8 Å². The summed E-state index contributed by atoms with van der Waals surface area (Å²) in [6.45, 7) is 4.92. The van der Waals surface area contributed by atoms with Crippen LogP contribution in [0.25, 0.3) is 0 Å². The van der Waals surface area contributed by atoms with E-state index in [1.54, 1.807) is 0 Å². The number of rotatable bonds is 6. The highest BCUT2D eigenvalue weighted by Gasteiger charge is 2.32. The minimum atomic E-state index is -0.0445. The lowest BCUT2D eigenvalue weighted by Crippen LogP contribution is -2.25. The van der Waals surface area contributed by atoms with Crippen LogP contribution >= 0.6 is 0 Å². The van der Waals surface area contributed by atoms with E-state index in [9.17, 15) is 4.79 Å². The first-order valence-corrected chi connectivity index (χ1v) is 9.81. The van der Waals surface area contributed by atoms with Crippen molar-refractivity contribution < 1.29 is 14.6 Å². The number of ether oxygens (including phenoxy) is 1. The predicted octanol–water partition coefficient (Wildman–Crippen LogP) is 3.39. The van der Waals surface area contributed by atoms with Crippen LogP contribution in [0.3, 0.4) is 0 Å². The van der Waals surface area contributed by atoms with Gasteiger partial charge in [-0.25, -0.2) is 4.68 Å². The summed E-state index contributed by atoms with van der Waals surface area (Å²) in [7, 11) is 0. The first-order valence-electron chi connectivity index (χ1n) is 9.81. The summed E-state index contributed by atoms with van der Waals surface area (Å²) in [4.78, 5) is 12.5. The third-order valence-electron chi connectivity index (χ3n) is 5.23. The van der Waals surface area contributed by atoms with Crippen molar-refractivity contribution in [2.24, 2.45) is 0 Å². The standard InChI is InChI=1S/C23H25N3O3/c1-15-4-3-5-17(12-15)14-26-23-22(16(2)25-26)20(13-21(28)24-23)18-6-8-19(9-7-18)29-11-10-27/h3-9,12,20,27H,10-11,13-14H2,1-2H3,(H,24,28). The second-order valence-electron chi connectivity index (χ2n) is 7.44. The number of aliphatic hydroxyl groups is 1. The average Bonchev–Trinajstić information content (AvgIpc) is 3.01. The number of aliphatic hydroxyl groups excluding tert-OH is 1. The van der Waals surface area contributed by atoms with Crippen LogP contribution in [0.15, 0.2) is 48.5 Å². The molecule has 0 saturated carbocycles. The SMILES string of the molecule is Cc1cccc(Cn2nc(C)c3c2NC(=O)CC3c2ccc(OCCO)cc2)c1. The number of carbonyl (C=O) groups is 1. The van der Waals surface area contributed by atoms with Gasteiger partial charge in [0.2, 0.25) is 5.91 Å². The van der Waals surface area contributed by atoms with Gasteiger partial charge in [0.1, 0.15) is 18.2 Å². The summed E-state index contributed by atoms with van der Waals surface area (Å²) in [5.74, 6) is 1.44. The van der Waals surface area contributed by atoms with Crippen molar-refractivity contribution in [1.29, 1.82) is 0 Å². The minimum Gasteiger partial charge on any atom is -0.491 e. The zero-order valence-corrected chi connectivity index (χ0v) is 16.7. The molecule has 4 rings (SSSR count). The zero-order chi connectivity index (χ0) is 20.4. The van der Waals surface area contributed by atoms with E-state index in [1.807, 2.05) is 41.9 Å². The fourth-order valence-corrected chi connectivity index (χ4v) is 3.96. The van der Waals surface area contributed by atoms with Crippen molar-refractivity contribution in [2.75, 3.05) is 18.5 Å². The van der Waals surface area contributed by atoms with Crippen molar-refractivity contribution in [3.8, 4) is 5.75 Å². The Morgan fingerprint density at radius 2 is 2.00 bits per heavy atom. The first-order chi connectivity index (χ1) is 14.0. The van der Waals surface area contributed by atoms with Gasteiger partial charge in [-0.15, -0.1) is 0 Å². The topological polar surface area (TPSA) is 76.4 Å². The molecule has 2 N–H and O–H groups in total. The van der Waals surface area contributed by atoms with E-state index in [0.29, 0.717) is 18.7 Å². The molecule has 1 aliphatic rings. The smallest absolute Gasteiger partial charge is 0.226 e. The number of aromatic nitrogens is 2. The maximum absolute atomic E-state index is 12.5. The molecule has 1 unspecified atom stereocenters. The number of benzene rings is 2. The molecule has 1 amide bonds. The van der Waals surface area contributed by atoms with Gasteiger partial charge in [-0.2, -0.15) is 5.10 Å². The van der Waals surface area contributed by atoms with Gasteiger partial charge in [0.25, 0.3) is 0 Å². The fourth-order valence-electron chi connectivity index (χ4n) is 3.96. The lowest BCUT2D eigenvalue weighted by molar-refractivity contribution is -0.116.